The average Bonchev–Trinajstić information content (AvgIpc) is 3.06. The Morgan fingerprint density at radius 1 is 1.25 bits per heavy atom. The van der Waals surface area contributed by atoms with Crippen LogP contribution in [0.3, 0.4) is 0 Å². The van der Waals surface area contributed by atoms with E-state index < -0.39 is 29.6 Å². The zero-order valence-electron chi connectivity index (χ0n) is 17.3. The fourth-order valence-corrected chi connectivity index (χ4v) is 2.66. The molecule has 1 atom stereocenters. The molecular formula is C21H22F3N3O5. The predicted octanol–water partition coefficient (Wildman–Crippen LogP) is 2.93. The fourth-order valence-electron chi connectivity index (χ4n) is 2.66. The second kappa shape index (κ2) is 10.1. The summed E-state index contributed by atoms with van der Waals surface area (Å²) >= 11 is 0. The van der Waals surface area contributed by atoms with E-state index in [0.29, 0.717) is 16.7 Å². The molecule has 2 aromatic heterocycles. The molecule has 3 aromatic rings. The third-order valence-electron chi connectivity index (χ3n) is 4.40. The van der Waals surface area contributed by atoms with Gasteiger partial charge in [-0.2, -0.15) is 13.2 Å². The van der Waals surface area contributed by atoms with Gasteiger partial charge < -0.3 is 25.7 Å². The first kappa shape index (κ1) is 24.7. The number of benzene rings is 1. The van der Waals surface area contributed by atoms with E-state index in [4.69, 9.17) is 25.7 Å². The van der Waals surface area contributed by atoms with Gasteiger partial charge in [0.25, 0.3) is 5.91 Å². The summed E-state index contributed by atoms with van der Waals surface area (Å²) in [6.45, 7) is 2.69. The van der Waals surface area contributed by atoms with Crippen molar-refractivity contribution in [3.8, 4) is 5.75 Å². The van der Waals surface area contributed by atoms with Gasteiger partial charge in [-0.15, -0.1) is 0 Å². The van der Waals surface area contributed by atoms with E-state index in [-0.39, 0.29) is 30.1 Å². The van der Waals surface area contributed by atoms with E-state index >= 15 is 0 Å². The van der Waals surface area contributed by atoms with E-state index in [1.165, 1.54) is 18.2 Å². The highest BCUT2D eigenvalue weighted by molar-refractivity contribution is 6.06. The van der Waals surface area contributed by atoms with Crippen LogP contribution in [0, 0.1) is 12.8 Å². The number of hydrogen-bond acceptors (Lipinski definition) is 6. The Morgan fingerprint density at radius 2 is 1.94 bits per heavy atom. The van der Waals surface area contributed by atoms with Crippen molar-refractivity contribution in [3.63, 3.8) is 0 Å². The number of carbonyl (C=O) groups is 2. The largest absolute Gasteiger partial charge is 0.489 e. The van der Waals surface area contributed by atoms with Gasteiger partial charge in [-0.3, -0.25) is 14.6 Å². The highest BCUT2D eigenvalue weighted by atomic mass is 19.4. The molecule has 172 valence electrons. The van der Waals surface area contributed by atoms with Gasteiger partial charge in [0, 0.05) is 17.1 Å². The number of pyridine rings is 1. The van der Waals surface area contributed by atoms with E-state index in [0.717, 1.165) is 6.20 Å². The molecule has 2 heterocycles. The normalized spacial score (nSPS) is 12.1. The molecule has 32 heavy (non-hydrogen) atoms. The van der Waals surface area contributed by atoms with Crippen LogP contribution in [-0.4, -0.2) is 28.5 Å². The lowest BCUT2D eigenvalue weighted by atomic mass is 10.1. The minimum Gasteiger partial charge on any atom is -0.489 e. The van der Waals surface area contributed by atoms with E-state index in [1.54, 1.807) is 26.0 Å². The van der Waals surface area contributed by atoms with Gasteiger partial charge in [0.15, 0.2) is 5.69 Å². The summed E-state index contributed by atoms with van der Waals surface area (Å²) < 4.78 is 49.7. The van der Waals surface area contributed by atoms with Crippen molar-refractivity contribution >= 4 is 22.8 Å². The van der Waals surface area contributed by atoms with E-state index in [2.05, 4.69) is 4.98 Å². The number of aryl methyl sites for hydroxylation is 1. The first-order valence-electron chi connectivity index (χ1n) is 9.32. The molecule has 0 aliphatic carbocycles. The molecule has 1 unspecified atom stereocenters. The van der Waals surface area contributed by atoms with Crippen LogP contribution < -0.4 is 16.2 Å². The molecule has 0 saturated heterocycles. The molecule has 0 bridgehead atoms. The lowest BCUT2D eigenvalue weighted by Gasteiger charge is -2.12. The zero-order valence-corrected chi connectivity index (χ0v) is 17.3. The van der Waals surface area contributed by atoms with E-state index in [1.807, 2.05) is 0 Å². The number of hydrogen-bond donors (Lipinski definition) is 3. The molecule has 0 spiro atoms. The number of nitrogens with zero attached hydrogens (tertiary/aromatic N) is 1. The molecule has 11 heteroatoms. The number of aliphatic hydroxyl groups excluding tert-OH is 1. The molecule has 1 aromatic carbocycles. The van der Waals surface area contributed by atoms with Crippen LogP contribution in [-0.2, 0) is 17.6 Å². The van der Waals surface area contributed by atoms with Crippen LogP contribution >= 0.6 is 0 Å². The molecule has 0 radical (unpaired) electrons. The Kier molecular flexibility index (Phi) is 7.82. The maximum absolute atomic E-state index is 12.9. The Labute approximate surface area is 181 Å². The van der Waals surface area contributed by atoms with E-state index in [9.17, 15) is 22.8 Å². The summed E-state index contributed by atoms with van der Waals surface area (Å²) in [5.41, 5.74) is 9.66. The van der Waals surface area contributed by atoms with Gasteiger partial charge >= 0.3 is 6.18 Å². The van der Waals surface area contributed by atoms with Crippen molar-refractivity contribution in [3.05, 3.63) is 59.1 Å². The molecule has 0 aliphatic rings. The highest BCUT2D eigenvalue weighted by Crippen LogP contribution is 2.32. The molecular weight excluding hydrogens is 431 g/mol. The molecule has 0 aliphatic heterocycles. The van der Waals surface area contributed by atoms with Crippen LogP contribution in [0.5, 0.6) is 5.75 Å². The lowest BCUT2D eigenvalue weighted by Crippen LogP contribution is -2.22. The Morgan fingerprint density at radius 3 is 2.47 bits per heavy atom. The van der Waals surface area contributed by atoms with Crippen LogP contribution in [0.15, 0.2) is 40.9 Å². The summed E-state index contributed by atoms with van der Waals surface area (Å²) in [5, 5.41) is 8.65. The SMILES string of the molecule is CC(CO)C(N)=O.Cc1oc2ccc(OCc3cccnc3C(F)(F)F)cc2c1C(N)=O. The Bertz CT molecular complexity index is 1110. The number of alkyl halides is 3. The number of primary amides is 2. The number of aromatic nitrogens is 1. The first-order chi connectivity index (χ1) is 15.0. The summed E-state index contributed by atoms with van der Waals surface area (Å²) in [5.74, 6) is -0.860. The van der Waals surface area contributed by atoms with Gasteiger partial charge in [0.2, 0.25) is 5.91 Å². The van der Waals surface area contributed by atoms with Crippen molar-refractivity contribution in [1.29, 1.82) is 0 Å². The average molecular weight is 453 g/mol. The van der Waals surface area contributed by atoms with Crippen molar-refractivity contribution in [2.24, 2.45) is 17.4 Å². The standard InChI is InChI=1S/C17H13F3N2O3.C4H9NO2/c1-9-14(16(21)23)12-7-11(4-5-13(12)25-9)24-8-10-3-2-6-22-15(10)17(18,19)20;1-3(2-6)4(5)7/h2-7H,8H2,1H3,(H2,21,23);3,6H,2H2,1H3,(H2,5,7). The second-order valence-corrected chi connectivity index (χ2v) is 6.84. The third kappa shape index (κ3) is 5.97. The van der Waals surface area contributed by atoms with Crippen LogP contribution in [0.2, 0.25) is 0 Å². The second-order valence-electron chi connectivity index (χ2n) is 6.84. The molecule has 3 rings (SSSR count). The minimum atomic E-state index is -4.56. The maximum atomic E-state index is 12.9. The number of rotatable bonds is 6. The molecule has 0 fully saturated rings. The number of carbonyl (C=O) groups excluding carboxylic acids is 2. The van der Waals surface area contributed by atoms with Gasteiger partial charge in [0.1, 0.15) is 23.7 Å². The highest BCUT2D eigenvalue weighted by Gasteiger charge is 2.35. The number of nitrogens with two attached hydrogens (primary N) is 2. The fraction of sp³-hybridized carbons (Fsp3) is 0.286. The molecule has 2 amide bonds. The molecule has 8 nitrogen and oxygen atoms in total. The quantitative estimate of drug-likeness (QED) is 0.524. The predicted molar refractivity (Wildman–Crippen MR) is 108 cm³/mol. The van der Waals surface area contributed by atoms with Crippen LogP contribution in [0.4, 0.5) is 13.2 Å². The summed E-state index contributed by atoms with van der Waals surface area (Å²) in [4.78, 5) is 24.9. The topological polar surface area (TPSA) is 142 Å². The van der Waals surface area contributed by atoms with Gasteiger partial charge in [-0.25, -0.2) is 0 Å². The smallest absolute Gasteiger partial charge is 0.433 e. The van der Waals surface area contributed by atoms with Crippen LogP contribution in [0.25, 0.3) is 11.0 Å². The Hall–Kier alpha value is -3.60. The van der Waals surface area contributed by atoms with Gasteiger partial charge in [-0.05, 0) is 31.2 Å². The van der Waals surface area contributed by atoms with Crippen molar-refractivity contribution in [2.75, 3.05) is 6.61 Å². The number of fused-ring (bicyclic) bond motifs is 1. The third-order valence-corrected chi connectivity index (χ3v) is 4.40. The van der Waals surface area contributed by atoms with Gasteiger partial charge in [-0.1, -0.05) is 13.0 Å². The van der Waals surface area contributed by atoms with Crippen LogP contribution in [0.1, 0.15) is 34.3 Å². The Balaban J connectivity index is 0.000000451. The number of amides is 2. The number of ether oxygens (including phenoxy) is 1. The summed E-state index contributed by atoms with van der Waals surface area (Å²) in [7, 11) is 0. The van der Waals surface area contributed by atoms with Gasteiger partial charge in [0.05, 0.1) is 18.1 Å². The number of furan rings is 1. The monoisotopic (exact) mass is 453 g/mol. The summed E-state index contributed by atoms with van der Waals surface area (Å²) in [6.07, 6.45) is -3.49. The van der Waals surface area contributed by atoms with Crippen molar-refractivity contribution in [1.82, 2.24) is 4.98 Å². The lowest BCUT2D eigenvalue weighted by molar-refractivity contribution is -0.142. The molecule has 5 N–H and O–H groups in total. The maximum Gasteiger partial charge on any atom is 0.433 e. The zero-order chi connectivity index (χ0) is 24.1. The number of halogens is 3. The first-order valence-corrected chi connectivity index (χ1v) is 9.32. The minimum absolute atomic E-state index is 0.0893. The number of aliphatic hydroxyl groups is 1. The summed E-state index contributed by atoms with van der Waals surface area (Å²) in [6, 6.07) is 7.32. The van der Waals surface area contributed by atoms with Crippen molar-refractivity contribution in [2.45, 2.75) is 26.6 Å². The molecule has 0 saturated carbocycles. The van der Waals surface area contributed by atoms with Crippen molar-refractivity contribution < 1.29 is 37.0 Å².